The second-order valence-electron chi connectivity index (χ2n) is 5.94. The fourth-order valence-corrected chi connectivity index (χ4v) is 2.17. The molecule has 0 bridgehead atoms. The second-order valence-corrected chi connectivity index (χ2v) is 5.94. The van der Waals surface area contributed by atoms with E-state index >= 15 is 0 Å². The van der Waals surface area contributed by atoms with Crippen LogP contribution in [0.4, 0.5) is 0 Å². The summed E-state index contributed by atoms with van der Waals surface area (Å²) in [5.74, 6) is 0.0860. The van der Waals surface area contributed by atoms with Crippen LogP contribution in [0.25, 0.3) is 0 Å². The molecule has 2 amide bonds. The smallest absolute Gasteiger partial charge is 0.245 e. The Hall–Kier alpha value is -1.06. The summed E-state index contributed by atoms with van der Waals surface area (Å²) >= 11 is 0. The summed E-state index contributed by atoms with van der Waals surface area (Å²) in [7, 11) is 0. The van der Waals surface area contributed by atoms with E-state index in [1.807, 2.05) is 11.8 Å². The van der Waals surface area contributed by atoms with Crippen LogP contribution < -0.4 is 5.32 Å². The van der Waals surface area contributed by atoms with Gasteiger partial charge in [0.05, 0.1) is 0 Å². The van der Waals surface area contributed by atoms with E-state index in [1.165, 1.54) is 0 Å². The van der Waals surface area contributed by atoms with E-state index in [0.29, 0.717) is 13.0 Å². The largest absolute Gasteiger partial charge is 0.344 e. The molecular formula is C14H26N2O2. The SMILES string of the molecule is CCCC1NC(=O)CCN(CC(C)(C)CC)C1=O. The van der Waals surface area contributed by atoms with E-state index in [2.05, 4.69) is 26.1 Å². The third-order valence-electron chi connectivity index (χ3n) is 3.71. The van der Waals surface area contributed by atoms with Gasteiger partial charge in [0.25, 0.3) is 0 Å². The van der Waals surface area contributed by atoms with E-state index in [0.717, 1.165) is 25.8 Å². The Kier molecular flexibility index (Phi) is 5.17. The molecule has 104 valence electrons. The average Bonchev–Trinajstić information content (AvgIpc) is 2.43. The van der Waals surface area contributed by atoms with Gasteiger partial charge in [-0.25, -0.2) is 0 Å². The first-order valence-corrected chi connectivity index (χ1v) is 6.97. The Balaban J connectivity index is 2.77. The molecule has 1 unspecified atom stereocenters. The summed E-state index contributed by atoms with van der Waals surface area (Å²) in [5, 5.41) is 2.83. The third kappa shape index (κ3) is 4.00. The van der Waals surface area contributed by atoms with E-state index < -0.39 is 0 Å². The molecule has 0 aromatic rings. The van der Waals surface area contributed by atoms with Crippen LogP contribution in [0.3, 0.4) is 0 Å². The minimum atomic E-state index is -0.322. The maximum absolute atomic E-state index is 12.4. The van der Waals surface area contributed by atoms with E-state index in [-0.39, 0.29) is 23.3 Å². The second kappa shape index (κ2) is 6.21. The average molecular weight is 254 g/mol. The highest BCUT2D eigenvalue weighted by Crippen LogP contribution is 2.22. The molecule has 0 aliphatic carbocycles. The van der Waals surface area contributed by atoms with Crippen LogP contribution in [-0.4, -0.2) is 35.8 Å². The normalized spacial score (nSPS) is 21.8. The van der Waals surface area contributed by atoms with E-state index in [4.69, 9.17) is 0 Å². The van der Waals surface area contributed by atoms with Crippen molar-refractivity contribution >= 4 is 11.8 Å². The maximum Gasteiger partial charge on any atom is 0.245 e. The molecule has 1 heterocycles. The van der Waals surface area contributed by atoms with Gasteiger partial charge in [-0.05, 0) is 18.3 Å². The third-order valence-corrected chi connectivity index (χ3v) is 3.71. The summed E-state index contributed by atoms with van der Waals surface area (Å²) in [6.45, 7) is 9.77. The number of amides is 2. The molecular weight excluding hydrogens is 228 g/mol. The molecule has 1 fully saturated rings. The lowest BCUT2D eigenvalue weighted by molar-refractivity contribution is -0.135. The van der Waals surface area contributed by atoms with Gasteiger partial charge in [-0.3, -0.25) is 9.59 Å². The van der Waals surface area contributed by atoms with Crippen LogP contribution in [0.15, 0.2) is 0 Å². The van der Waals surface area contributed by atoms with Gasteiger partial charge in [0, 0.05) is 19.5 Å². The van der Waals surface area contributed by atoms with Crippen LogP contribution in [0.1, 0.15) is 53.4 Å². The number of carbonyl (C=O) groups is 2. The summed E-state index contributed by atoms with van der Waals surface area (Å²) < 4.78 is 0. The molecule has 0 saturated carbocycles. The molecule has 4 nitrogen and oxygen atoms in total. The van der Waals surface area contributed by atoms with Crippen LogP contribution in [0.5, 0.6) is 0 Å². The van der Waals surface area contributed by atoms with Gasteiger partial charge in [0.15, 0.2) is 0 Å². The summed E-state index contributed by atoms with van der Waals surface area (Å²) in [6.07, 6.45) is 3.08. The van der Waals surface area contributed by atoms with Gasteiger partial charge in [-0.1, -0.05) is 34.1 Å². The van der Waals surface area contributed by atoms with Gasteiger partial charge >= 0.3 is 0 Å². The Morgan fingerprint density at radius 2 is 2.00 bits per heavy atom. The number of nitrogens with one attached hydrogen (secondary N) is 1. The molecule has 0 aromatic heterocycles. The molecule has 1 aliphatic heterocycles. The van der Waals surface area contributed by atoms with Crippen LogP contribution in [0.2, 0.25) is 0 Å². The van der Waals surface area contributed by atoms with Gasteiger partial charge in [-0.15, -0.1) is 0 Å². The van der Waals surface area contributed by atoms with Crippen LogP contribution in [-0.2, 0) is 9.59 Å². The topological polar surface area (TPSA) is 49.4 Å². The Labute approximate surface area is 110 Å². The number of nitrogens with zero attached hydrogens (tertiary/aromatic N) is 1. The van der Waals surface area contributed by atoms with Gasteiger partial charge < -0.3 is 10.2 Å². The zero-order chi connectivity index (χ0) is 13.8. The summed E-state index contributed by atoms with van der Waals surface area (Å²) in [6, 6.07) is -0.322. The molecule has 1 atom stereocenters. The molecule has 1 rings (SSSR count). The Bertz CT molecular complexity index is 313. The van der Waals surface area contributed by atoms with Gasteiger partial charge in [0.2, 0.25) is 11.8 Å². The molecule has 0 radical (unpaired) electrons. The highest BCUT2D eigenvalue weighted by atomic mass is 16.2. The van der Waals surface area contributed by atoms with E-state index in [1.54, 1.807) is 0 Å². The van der Waals surface area contributed by atoms with Crippen molar-refractivity contribution in [1.82, 2.24) is 10.2 Å². The lowest BCUT2D eigenvalue weighted by atomic mass is 9.89. The molecule has 1 N–H and O–H groups in total. The first-order chi connectivity index (χ1) is 8.39. The first-order valence-electron chi connectivity index (χ1n) is 6.97. The fourth-order valence-electron chi connectivity index (χ4n) is 2.17. The molecule has 0 spiro atoms. The van der Waals surface area contributed by atoms with Crippen molar-refractivity contribution in [3.63, 3.8) is 0 Å². The number of carbonyl (C=O) groups excluding carboxylic acids is 2. The van der Waals surface area contributed by atoms with Crippen LogP contribution in [0, 0.1) is 5.41 Å². The standard InChI is InChI=1S/C14H26N2O2/c1-5-7-11-13(18)16(9-8-12(17)15-11)10-14(3,4)6-2/h11H,5-10H2,1-4H3,(H,15,17). The van der Waals surface area contributed by atoms with Crippen molar-refractivity contribution in [1.29, 1.82) is 0 Å². The molecule has 0 aromatic carbocycles. The minimum absolute atomic E-state index is 0.00129. The van der Waals surface area contributed by atoms with Crippen molar-refractivity contribution in [3.05, 3.63) is 0 Å². The highest BCUT2D eigenvalue weighted by Gasteiger charge is 2.31. The lowest BCUT2D eigenvalue weighted by Gasteiger charge is -2.32. The monoisotopic (exact) mass is 254 g/mol. The van der Waals surface area contributed by atoms with Crippen molar-refractivity contribution in [2.24, 2.45) is 5.41 Å². The van der Waals surface area contributed by atoms with Crippen molar-refractivity contribution in [2.75, 3.05) is 13.1 Å². The Morgan fingerprint density at radius 1 is 1.33 bits per heavy atom. The van der Waals surface area contributed by atoms with Crippen molar-refractivity contribution in [2.45, 2.75) is 59.4 Å². The quantitative estimate of drug-likeness (QED) is 0.815. The minimum Gasteiger partial charge on any atom is -0.344 e. The van der Waals surface area contributed by atoms with Gasteiger partial charge in [0.1, 0.15) is 6.04 Å². The van der Waals surface area contributed by atoms with Crippen LogP contribution >= 0.6 is 0 Å². The zero-order valence-electron chi connectivity index (χ0n) is 12.1. The zero-order valence-corrected chi connectivity index (χ0v) is 12.1. The predicted molar refractivity (Wildman–Crippen MR) is 72.1 cm³/mol. The van der Waals surface area contributed by atoms with E-state index in [9.17, 15) is 9.59 Å². The van der Waals surface area contributed by atoms with Crippen molar-refractivity contribution < 1.29 is 9.59 Å². The summed E-state index contributed by atoms with van der Waals surface area (Å²) in [4.78, 5) is 25.9. The molecule has 18 heavy (non-hydrogen) atoms. The van der Waals surface area contributed by atoms with Gasteiger partial charge in [-0.2, -0.15) is 0 Å². The summed E-state index contributed by atoms with van der Waals surface area (Å²) in [5.41, 5.74) is 0.111. The first kappa shape index (κ1) is 15.0. The highest BCUT2D eigenvalue weighted by molar-refractivity contribution is 5.89. The fraction of sp³-hybridized carbons (Fsp3) is 0.857. The number of hydrogen-bond donors (Lipinski definition) is 1. The number of rotatable bonds is 5. The lowest BCUT2D eigenvalue weighted by Crippen LogP contribution is -2.47. The molecule has 1 saturated heterocycles. The number of hydrogen-bond acceptors (Lipinski definition) is 2. The maximum atomic E-state index is 12.4. The molecule has 4 heteroatoms. The predicted octanol–water partition coefficient (Wildman–Crippen LogP) is 1.94. The Morgan fingerprint density at radius 3 is 2.56 bits per heavy atom. The van der Waals surface area contributed by atoms with Crippen molar-refractivity contribution in [3.8, 4) is 0 Å². The molecule has 1 aliphatic rings.